The summed E-state index contributed by atoms with van der Waals surface area (Å²) in [6.45, 7) is 6.85. The fourth-order valence-corrected chi connectivity index (χ4v) is 4.60. The van der Waals surface area contributed by atoms with Gasteiger partial charge in [-0.15, -0.1) is 10.2 Å². The second kappa shape index (κ2) is 10.3. The highest BCUT2D eigenvalue weighted by atomic mass is 16.4. The fourth-order valence-electron chi connectivity index (χ4n) is 4.60. The van der Waals surface area contributed by atoms with Crippen LogP contribution in [-0.4, -0.2) is 50.4 Å². The van der Waals surface area contributed by atoms with Crippen LogP contribution in [0.4, 0.5) is 11.4 Å². The maximum absolute atomic E-state index is 12.7. The molecule has 2 aromatic carbocycles. The number of benzene rings is 2. The SMILES string of the molecule is Cc1ccc(-n2c(O)c(N=Nc3cccc(C4CCN(CC(=O)O)CC4)c3O)c(C)cc2=O)cc1C. The first-order valence-corrected chi connectivity index (χ1v) is 11.9. The number of nitrogens with zero attached hydrogens (tertiary/aromatic N) is 4. The Kier molecular flexibility index (Phi) is 7.21. The molecule has 0 aliphatic carbocycles. The number of piperidine rings is 1. The Hall–Kier alpha value is -3.98. The Morgan fingerprint density at radius 3 is 2.36 bits per heavy atom. The number of carboxylic acids is 1. The highest BCUT2D eigenvalue weighted by Gasteiger charge is 2.25. The van der Waals surface area contributed by atoms with Crippen molar-refractivity contribution in [3.63, 3.8) is 0 Å². The van der Waals surface area contributed by atoms with Crippen LogP contribution >= 0.6 is 0 Å². The number of pyridine rings is 1. The molecule has 0 atom stereocenters. The predicted molar refractivity (Wildman–Crippen MR) is 136 cm³/mol. The first-order chi connectivity index (χ1) is 17.2. The van der Waals surface area contributed by atoms with Gasteiger partial charge in [0.15, 0.2) is 0 Å². The van der Waals surface area contributed by atoms with Crippen molar-refractivity contribution in [1.82, 2.24) is 9.47 Å². The monoisotopic (exact) mass is 490 g/mol. The highest BCUT2D eigenvalue weighted by Crippen LogP contribution is 2.40. The maximum atomic E-state index is 12.7. The summed E-state index contributed by atoms with van der Waals surface area (Å²) < 4.78 is 1.19. The van der Waals surface area contributed by atoms with Crippen LogP contribution in [-0.2, 0) is 4.79 Å². The number of aromatic nitrogens is 1. The smallest absolute Gasteiger partial charge is 0.317 e. The number of aryl methyl sites for hydroxylation is 3. The zero-order valence-corrected chi connectivity index (χ0v) is 20.6. The minimum atomic E-state index is -0.846. The summed E-state index contributed by atoms with van der Waals surface area (Å²) in [5, 5.41) is 39.3. The molecule has 36 heavy (non-hydrogen) atoms. The number of phenols is 1. The third-order valence-electron chi connectivity index (χ3n) is 6.80. The van der Waals surface area contributed by atoms with E-state index in [-0.39, 0.29) is 41.0 Å². The van der Waals surface area contributed by atoms with Crippen molar-refractivity contribution in [3.8, 4) is 17.3 Å². The molecular formula is C27H30N4O5. The van der Waals surface area contributed by atoms with Crippen molar-refractivity contribution in [1.29, 1.82) is 0 Å². The Labute approximate surface area is 209 Å². The molecule has 188 valence electrons. The van der Waals surface area contributed by atoms with Crippen molar-refractivity contribution in [2.75, 3.05) is 19.6 Å². The number of likely N-dealkylation sites (tertiary alicyclic amines) is 1. The first kappa shape index (κ1) is 25.1. The van der Waals surface area contributed by atoms with Gasteiger partial charge < -0.3 is 15.3 Å². The fraction of sp³-hybridized carbons (Fsp3) is 0.333. The van der Waals surface area contributed by atoms with E-state index < -0.39 is 5.97 Å². The summed E-state index contributed by atoms with van der Waals surface area (Å²) in [6.07, 6.45) is 1.45. The molecular weight excluding hydrogens is 460 g/mol. The number of aromatic hydroxyl groups is 2. The van der Waals surface area contributed by atoms with Crippen LogP contribution in [0.3, 0.4) is 0 Å². The molecule has 0 radical (unpaired) electrons. The number of hydrogen-bond acceptors (Lipinski definition) is 7. The van der Waals surface area contributed by atoms with E-state index in [1.807, 2.05) is 36.9 Å². The summed E-state index contributed by atoms with van der Waals surface area (Å²) in [5.41, 5.74) is 3.79. The van der Waals surface area contributed by atoms with E-state index >= 15 is 0 Å². The molecule has 0 unspecified atom stereocenters. The Balaban J connectivity index is 1.63. The van der Waals surface area contributed by atoms with E-state index in [4.69, 9.17) is 5.11 Å². The van der Waals surface area contributed by atoms with Crippen molar-refractivity contribution < 1.29 is 20.1 Å². The molecule has 1 aromatic heterocycles. The van der Waals surface area contributed by atoms with Gasteiger partial charge in [0.1, 0.15) is 17.1 Å². The molecule has 3 aromatic rings. The Bertz CT molecular complexity index is 1390. The normalized spacial score (nSPS) is 15.0. The molecule has 0 amide bonds. The zero-order chi connectivity index (χ0) is 26.0. The van der Waals surface area contributed by atoms with Crippen LogP contribution in [0.5, 0.6) is 11.6 Å². The number of phenolic OH excluding ortho intramolecular Hbond substituents is 1. The number of carboxylic acid groups (broad SMARTS) is 1. The summed E-state index contributed by atoms with van der Waals surface area (Å²) >= 11 is 0. The largest absolute Gasteiger partial charge is 0.505 e. The third-order valence-corrected chi connectivity index (χ3v) is 6.80. The van der Waals surface area contributed by atoms with Crippen LogP contribution < -0.4 is 5.56 Å². The molecule has 2 heterocycles. The van der Waals surface area contributed by atoms with Crippen molar-refractivity contribution in [2.24, 2.45) is 10.2 Å². The van der Waals surface area contributed by atoms with Gasteiger partial charge >= 0.3 is 5.97 Å². The lowest BCUT2D eigenvalue weighted by molar-refractivity contribution is -0.138. The summed E-state index contributed by atoms with van der Waals surface area (Å²) in [4.78, 5) is 25.5. The second-order valence-corrected chi connectivity index (χ2v) is 9.30. The lowest BCUT2D eigenvalue weighted by Gasteiger charge is -2.31. The van der Waals surface area contributed by atoms with Gasteiger partial charge in [0.05, 0.1) is 12.2 Å². The van der Waals surface area contributed by atoms with Crippen LogP contribution in [0.15, 0.2) is 57.5 Å². The Morgan fingerprint density at radius 1 is 0.972 bits per heavy atom. The van der Waals surface area contributed by atoms with Crippen LogP contribution in [0.2, 0.25) is 0 Å². The third kappa shape index (κ3) is 5.16. The molecule has 9 heteroatoms. The van der Waals surface area contributed by atoms with Gasteiger partial charge in [0.25, 0.3) is 5.56 Å². The van der Waals surface area contributed by atoms with Gasteiger partial charge in [-0.2, -0.15) is 0 Å². The quantitative estimate of drug-likeness (QED) is 0.424. The molecule has 1 fully saturated rings. The molecule has 1 aliphatic rings. The molecule has 0 spiro atoms. The average Bonchev–Trinajstić information content (AvgIpc) is 2.82. The number of hydrogen-bond donors (Lipinski definition) is 3. The summed E-state index contributed by atoms with van der Waals surface area (Å²) in [6, 6.07) is 12.1. The van der Waals surface area contributed by atoms with Gasteiger partial charge in [0.2, 0.25) is 5.88 Å². The number of azo groups is 1. The van der Waals surface area contributed by atoms with E-state index in [2.05, 4.69) is 10.2 Å². The van der Waals surface area contributed by atoms with E-state index in [0.29, 0.717) is 24.3 Å². The van der Waals surface area contributed by atoms with Crippen molar-refractivity contribution in [2.45, 2.75) is 39.5 Å². The molecule has 1 saturated heterocycles. The molecule has 1 aliphatic heterocycles. The Morgan fingerprint density at radius 2 is 1.69 bits per heavy atom. The lowest BCUT2D eigenvalue weighted by Crippen LogP contribution is -2.36. The number of aliphatic carboxylic acids is 1. The maximum Gasteiger partial charge on any atom is 0.317 e. The van der Waals surface area contributed by atoms with E-state index in [9.17, 15) is 19.8 Å². The van der Waals surface area contributed by atoms with Gasteiger partial charge in [-0.3, -0.25) is 14.5 Å². The van der Waals surface area contributed by atoms with Gasteiger partial charge in [-0.05, 0) is 93.1 Å². The van der Waals surface area contributed by atoms with Gasteiger partial charge in [-0.25, -0.2) is 4.57 Å². The highest BCUT2D eigenvalue weighted by molar-refractivity contribution is 5.69. The van der Waals surface area contributed by atoms with Crippen molar-refractivity contribution in [3.05, 3.63) is 75.1 Å². The molecule has 3 N–H and O–H groups in total. The summed E-state index contributed by atoms with van der Waals surface area (Å²) in [5.74, 6) is -1.08. The average molecular weight is 491 g/mol. The number of para-hydroxylation sites is 1. The van der Waals surface area contributed by atoms with Crippen LogP contribution in [0.25, 0.3) is 5.69 Å². The summed E-state index contributed by atoms with van der Waals surface area (Å²) in [7, 11) is 0. The minimum absolute atomic E-state index is 0.0116. The lowest BCUT2D eigenvalue weighted by atomic mass is 9.88. The van der Waals surface area contributed by atoms with Crippen LogP contribution in [0, 0.1) is 20.8 Å². The van der Waals surface area contributed by atoms with Gasteiger partial charge in [0, 0.05) is 6.07 Å². The van der Waals surface area contributed by atoms with Crippen molar-refractivity contribution >= 4 is 17.3 Å². The molecule has 4 rings (SSSR count). The number of rotatable bonds is 6. The zero-order valence-electron chi connectivity index (χ0n) is 20.6. The van der Waals surface area contributed by atoms with Gasteiger partial charge in [-0.1, -0.05) is 18.2 Å². The number of carbonyl (C=O) groups is 1. The van der Waals surface area contributed by atoms with E-state index in [1.165, 1.54) is 10.6 Å². The standard InChI is InChI=1S/C27H30N4O5/c1-16-7-8-20(13-17(16)2)31-23(32)14-18(3)25(27(31)36)29-28-22-6-4-5-21(26(22)35)19-9-11-30(12-10-19)15-24(33)34/h4-8,13-14,19,35-36H,9-12,15H2,1-3H3,(H,33,34). The molecule has 0 saturated carbocycles. The topological polar surface area (TPSA) is 128 Å². The van der Waals surface area contributed by atoms with E-state index in [1.54, 1.807) is 25.1 Å². The predicted octanol–water partition coefficient (Wildman–Crippen LogP) is 4.85. The minimum Gasteiger partial charge on any atom is -0.505 e. The second-order valence-electron chi connectivity index (χ2n) is 9.30. The first-order valence-electron chi connectivity index (χ1n) is 11.9. The molecule has 9 nitrogen and oxygen atoms in total. The van der Waals surface area contributed by atoms with E-state index in [0.717, 1.165) is 29.5 Å². The van der Waals surface area contributed by atoms with Crippen LogP contribution in [0.1, 0.15) is 41.0 Å². The molecule has 0 bridgehead atoms.